The summed E-state index contributed by atoms with van der Waals surface area (Å²) in [5.74, 6) is 1.63. The normalized spacial score (nSPS) is 21.5. The van der Waals surface area contributed by atoms with Crippen molar-refractivity contribution in [3.05, 3.63) is 88.9 Å². The second-order valence-corrected chi connectivity index (χ2v) is 11.2. The summed E-state index contributed by atoms with van der Waals surface area (Å²) in [6, 6.07) is 24.1. The summed E-state index contributed by atoms with van der Waals surface area (Å²) in [7, 11) is 0. The second-order valence-electron chi connectivity index (χ2n) is 10.8. The molecule has 2 aliphatic heterocycles. The van der Waals surface area contributed by atoms with Crippen LogP contribution in [0, 0.1) is 11.8 Å². The smallest absolute Gasteiger partial charge is 0.262 e. The Morgan fingerprint density at radius 3 is 2.42 bits per heavy atom. The average molecular weight is 533 g/mol. The molecule has 3 aromatic carbocycles. The van der Waals surface area contributed by atoms with Gasteiger partial charge in [0.25, 0.3) is 5.91 Å². The fourth-order valence-electron chi connectivity index (χ4n) is 5.68. The summed E-state index contributed by atoms with van der Waals surface area (Å²) in [4.78, 5) is 14.8. The van der Waals surface area contributed by atoms with Gasteiger partial charge in [-0.15, -0.1) is 0 Å². The third-order valence-corrected chi connectivity index (χ3v) is 8.17. The van der Waals surface area contributed by atoms with E-state index in [-0.39, 0.29) is 18.6 Å². The van der Waals surface area contributed by atoms with Crippen molar-refractivity contribution in [1.29, 1.82) is 0 Å². The molecule has 0 aliphatic carbocycles. The van der Waals surface area contributed by atoms with E-state index in [4.69, 9.17) is 21.1 Å². The molecular weight excluding hydrogens is 496 g/mol. The SMILES string of the molecule is CC(C)[C@@H]1C[C@H](c2ccccc2Cl)CO[C@H]1c1ccc(OCC(=O)Nc2ccc(N3CCCC3)cc2)cc1. The standard InChI is InChI=1S/C32H37ClN2O3/c1-22(2)29-19-24(28-7-3-4-8-30(28)33)20-38-32(29)23-9-15-27(16-10-23)37-21-31(36)34-25-11-13-26(14-12-25)35-17-5-6-18-35/h3-4,7-16,22,24,29,32H,5-6,17-21H2,1-2H3,(H,34,36)/t24-,29-,32-/m0/s1. The number of hydrogen-bond donors (Lipinski definition) is 1. The molecule has 0 radical (unpaired) electrons. The highest BCUT2D eigenvalue weighted by atomic mass is 35.5. The molecule has 5 nitrogen and oxygen atoms in total. The third-order valence-electron chi connectivity index (χ3n) is 7.82. The van der Waals surface area contributed by atoms with Gasteiger partial charge in [-0.2, -0.15) is 0 Å². The van der Waals surface area contributed by atoms with Gasteiger partial charge < -0.3 is 19.7 Å². The maximum Gasteiger partial charge on any atom is 0.262 e. The van der Waals surface area contributed by atoms with Crippen molar-refractivity contribution in [2.24, 2.45) is 11.8 Å². The van der Waals surface area contributed by atoms with E-state index in [9.17, 15) is 4.79 Å². The largest absolute Gasteiger partial charge is 0.484 e. The van der Waals surface area contributed by atoms with Crippen LogP contribution in [0.5, 0.6) is 5.75 Å². The number of rotatable bonds is 8. The lowest BCUT2D eigenvalue weighted by atomic mass is 9.76. The molecule has 2 aliphatic rings. The van der Waals surface area contributed by atoms with Crippen LogP contribution in [0.2, 0.25) is 5.02 Å². The molecule has 6 heteroatoms. The van der Waals surface area contributed by atoms with Crippen LogP contribution < -0.4 is 15.0 Å². The van der Waals surface area contributed by atoms with Gasteiger partial charge in [0.15, 0.2) is 6.61 Å². The van der Waals surface area contributed by atoms with E-state index in [2.05, 4.69) is 54.4 Å². The summed E-state index contributed by atoms with van der Waals surface area (Å²) >= 11 is 6.48. The summed E-state index contributed by atoms with van der Waals surface area (Å²) in [6.07, 6.45) is 3.54. The van der Waals surface area contributed by atoms with E-state index in [1.54, 1.807) is 0 Å². The zero-order valence-electron chi connectivity index (χ0n) is 22.2. The zero-order chi connectivity index (χ0) is 26.5. The molecule has 0 saturated carbocycles. The number of anilines is 2. The quantitative estimate of drug-likeness (QED) is 0.327. The Labute approximate surface area is 231 Å². The number of carbonyl (C=O) groups excluding carboxylic acids is 1. The lowest BCUT2D eigenvalue weighted by Crippen LogP contribution is -2.31. The second kappa shape index (κ2) is 12.2. The Morgan fingerprint density at radius 2 is 1.74 bits per heavy atom. The van der Waals surface area contributed by atoms with Crippen LogP contribution in [0.15, 0.2) is 72.8 Å². The Kier molecular flexibility index (Phi) is 8.55. The molecule has 0 unspecified atom stereocenters. The number of amides is 1. The molecule has 2 heterocycles. The van der Waals surface area contributed by atoms with Crippen LogP contribution in [-0.4, -0.2) is 32.2 Å². The number of ether oxygens (including phenoxy) is 2. The number of carbonyl (C=O) groups is 1. The maximum absolute atomic E-state index is 12.5. The van der Waals surface area contributed by atoms with E-state index < -0.39 is 0 Å². The molecule has 2 fully saturated rings. The van der Waals surface area contributed by atoms with Crippen molar-refractivity contribution in [3.8, 4) is 5.75 Å². The van der Waals surface area contributed by atoms with Crippen molar-refractivity contribution in [2.75, 3.05) is 36.5 Å². The minimum atomic E-state index is -0.177. The highest BCUT2D eigenvalue weighted by molar-refractivity contribution is 6.31. The number of nitrogens with zero attached hydrogens (tertiary/aromatic N) is 1. The van der Waals surface area contributed by atoms with Crippen LogP contribution >= 0.6 is 11.6 Å². The van der Waals surface area contributed by atoms with Crippen LogP contribution in [0.1, 0.15) is 56.3 Å². The molecule has 200 valence electrons. The summed E-state index contributed by atoms with van der Waals surface area (Å²) in [5, 5.41) is 3.73. The molecular formula is C32H37ClN2O3. The minimum Gasteiger partial charge on any atom is -0.484 e. The first-order chi connectivity index (χ1) is 18.5. The van der Waals surface area contributed by atoms with E-state index in [1.165, 1.54) is 24.1 Å². The Hall–Kier alpha value is -3.02. The zero-order valence-corrected chi connectivity index (χ0v) is 23.0. The van der Waals surface area contributed by atoms with E-state index in [0.29, 0.717) is 30.1 Å². The van der Waals surface area contributed by atoms with Crippen molar-refractivity contribution in [3.63, 3.8) is 0 Å². The van der Waals surface area contributed by atoms with Gasteiger partial charge in [0.05, 0.1) is 12.7 Å². The van der Waals surface area contributed by atoms with Gasteiger partial charge in [0, 0.05) is 35.4 Å². The minimum absolute atomic E-state index is 0.0228. The van der Waals surface area contributed by atoms with Crippen molar-refractivity contribution in [1.82, 2.24) is 0 Å². The first-order valence-corrected chi connectivity index (χ1v) is 14.1. The van der Waals surface area contributed by atoms with Gasteiger partial charge in [-0.05, 0) is 84.7 Å². The van der Waals surface area contributed by atoms with Gasteiger partial charge >= 0.3 is 0 Å². The van der Waals surface area contributed by atoms with Crippen LogP contribution in [0.3, 0.4) is 0 Å². The first kappa shape index (κ1) is 26.6. The summed E-state index contributed by atoms with van der Waals surface area (Å²) in [6.45, 7) is 7.33. The van der Waals surface area contributed by atoms with Crippen molar-refractivity contribution >= 4 is 28.9 Å². The molecule has 0 spiro atoms. The highest BCUT2D eigenvalue weighted by Gasteiger charge is 2.35. The molecule has 2 saturated heterocycles. The van der Waals surface area contributed by atoms with E-state index in [1.807, 2.05) is 42.5 Å². The number of nitrogens with one attached hydrogen (secondary N) is 1. The fourth-order valence-corrected chi connectivity index (χ4v) is 5.97. The Morgan fingerprint density at radius 1 is 1.03 bits per heavy atom. The van der Waals surface area contributed by atoms with E-state index in [0.717, 1.165) is 35.8 Å². The summed E-state index contributed by atoms with van der Waals surface area (Å²) < 4.78 is 12.2. The lowest BCUT2D eigenvalue weighted by molar-refractivity contribution is -0.118. The van der Waals surface area contributed by atoms with Crippen LogP contribution in [-0.2, 0) is 9.53 Å². The first-order valence-electron chi connectivity index (χ1n) is 13.7. The molecule has 3 atom stereocenters. The molecule has 1 amide bonds. The van der Waals surface area contributed by atoms with Crippen molar-refractivity contribution in [2.45, 2.75) is 45.1 Å². The fraction of sp³-hybridized carbons (Fsp3) is 0.406. The third kappa shape index (κ3) is 6.33. The Balaban J connectivity index is 1.14. The predicted molar refractivity (Wildman–Crippen MR) is 154 cm³/mol. The van der Waals surface area contributed by atoms with Crippen LogP contribution in [0.4, 0.5) is 11.4 Å². The maximum atomic E-state index is 12.5. The van der Waals surface area contributed by atoms with Gasteiger partial charge in [0.2, 0.25) is 0 Å². The average Bonchev–Trinajstić information content (AvgIpc) is 3.48. The van der Waals surface area contributed by atoms with Gasteiger partial charge in [-0.1, -0.05) is 55.8 Å². The Bertz CT molecular complexity index is 1210. The summed E-state index contributed by atoms with van der Waals surface area (Å²) in [5.41, 5.74) is 4.29. The van der Waals surface area contributed by atoms with E-state index >= 15 is 0 Å². The van der Waals surface area contributed by atoms with Gasteiger partial charge in [-0.25, -0.2) is 0 Å². The van der Waals surface area contributed by atoms with Gasteiger partial charge in [-0.3, -0.25) is 4.79 Å². The predicted octanol–water partition coefficient (Wildman–Crippen LogP) is 7.48. The number of hydrogen-bond acceptors (Lipinski definition) is 4. The highest BCUT2D eigenvalue weighted by Crippen LogP contribution is 2.44. The van der Waals surface area contributed by atoms with Gasteiger partial charge in [0.1, 0.15) is 5.75 Å². The molecule has 0 aromatic heterocycles. The molecule has 3 aromatic rings. The monoisotopic (exact) mass is 532 g/mol. The molecule has 38 heavy (non-hydrogen) atoms. The lowest BCUT2D eigenvalue weighted by Gasteiger charge is -2.39. The molecule has 5 rings (SSSR count). The molecule has 0 bridgehead atoms. The topological polar surface area (TPSA) is 50.8 Å². The van der Waals surface area contributed by atoms with Crippen molar-refractivity contribution < 1.29 is 14.3 Å². The van der Waals surface area contributed by atoms with Crippen LogP contribution in [0.25, 0.3) is 0 Å². The number of benzene rings is 3. The number of halogens is 1. The molecule has 1 N–H and O–H groups in total.